The van der Waals surface area contributed by atoms with E-state index < -0.39 is 58.1 Å². The van der Waals surface area contributed by atoms with E-state index in [9.17, 15) is 38.8 Å². The van der Waals surface area contributed by atoms with E-state index in [1.807, 2.05) is 0 Å². The molecule has 1 saturated heterocycles. The molecule has 0 amide bonds. The zero-order chi connectivity index (χ0) is 23.7. The largest absolute Gasteiger partial charge is 0.809 e. The number of hydrogen-bond acceptors (Lipinski definition) is 13. The molecule has 4 N–H and O–H groups in total. The van der Waals surface area contributed by atoms with E-state index in [4.69, 9.17) is 10.5 Å². The Balaban J connectivity index is 1.70. The van der Waals surface area contributed by atoms with Gasteiger partial charge in [0.2, 0.25) is 0 Å². The summed E-state index contributed by atoms with van der Waals surface area (Å²) in [5.41, 5.74) is 4.25. The average molecular weight is 490 g/mol. The van der Waals surface area contributed by atoms with Gasteiger partial charge in [0, 0.05) is 6.20 Å². The van der Waals surface area contributed by atoms with E-state index in [2.05, 4.69) is 14.0 Å². The summed E-state index contributed by atoms with van der Waals surface area (Å²) in [6.45, 7) is -0.920. The van der Waals surface area contributed by atoms with E-state index >= 15 is 0 Å². The molecule has 14 nitrogen and oxygen atoms in total. The van der Waals surface area contributed by atoms with Crippen molar-refractivity contribution in [3.05, 3.63) is 58.6 Å². The lowest BCUT2D eigenvalue weighted by molar-refractivity contribution is -0.324. The predicted molar refractivity (Wildman–Crippen MR) is 100 cm³/mol. The van der Waals surface area contributed by atoms with E-state index in [1.165, 1.54) is 36.4 Å². The Hall–Kier alpha value is -1.96. The van der Waals surface area contributed by atoms with E-state index in [1.54, 1.807) is 0 Å². The molecule has 2 heterocycles. The number of phosphoric ester groups is 1. The van der Waals surface area contributed by atoms with Crippen LogP contribution >= 0.6 is 15.4 Å². The van der Waals surface area contributed by atoms with Crippen LogP contribution in [0.15, 0.2) is 47.4 Å². The Morgan fingerprint density at radius 3 is 2.41 bits per heavy atom. The minimum absolute atomic E-state index is 0.0920. The summed E-state index contributed by atoms with van der Waals surface area (Å²) in [5, 5.41) is 20.3. The fourth-order valence-corrected chi connectivity index (χ4v) is 5.05. The van der Waals surface area contributed by atoms with Gasteiger partial charge in [-0.3, -0.25) is 9.13 Å². The van der Waals surface area contributed by atoms with Crippen molar-refractivity contribution in [2.75, 3.05) is 12.3 Å². The Kier molecular flexibility index (Phi) is 7.32. The summed E-state index contributed by atoms with van der Waals surface area (Å²) in [6, 6.07) is 7.84. The SMILES string of the molecule is Nc1ccn([C@@H]2O[C@H](COP(=O)([O-])OC(c3ccccc3)P(=O)([O-])[O-])[C@@H](O)[C@H]2O)c(=O)n1. The monoisotopic (exact) mass is 490 g/mol. The maximum Gasteiger partial charge on any atom is 0.351 e. The lowest BCUT2D eigenvalue weighted by atomic mass is 10.1. The first kappa shape index (κ1) is 24.7. The van der Waals surface area contributed by atoms with Gasteiger partial charge in [0.1, 0.15) is 30.0 Å². The van der Waals surface area contributed by atoms with E-state index in [0.29, 0.717) is 0 Å². The number of aliphatic hydroxyl groups excluding tert-OH is 2. The molecule has 1 fully saturated rings. The van der Waals surface area contributed by atoms with Gasteiger partial charge in [0.25, 0.3) is 7.82 Å². The van der Waals surface area contributed by atoms with Crippen LogP contribution < -0.4 is 26.1 Å². The molecule has 0 saturated carbocycles. The van der Waals surface area contributed by atoms with Gasteiger partial charge in [-0.1, -0.05) is 30.3 Å². The first-order valence-corrected chi connectivity index (χ1v) is 12.0. The van der Waals surface area contributed by atoms with Gasteiger partial charge >= 0.3 is 5.69 Å². The first-order valence-electron chi connectivity index (χ1n) is 8.96. The van der Waals surface area contributed by atoms with Gasteiger partial charge in [-0.05, 0) is 19.2 Å². The van der Waals surface area contributed by atoms with Gasteiger partial charge in [0.15, 0.2) is 6.23 Å². The molecule has 1 aromatic heterocycles. The van der Waals surface area contributed by atoms with Crippen LogP contribution in [0.3, 0.4) is 0 Å². The van der Waals surface area contributed by atoms with E-state index in [-0.39, 0.29) is 11.4 Å². The number of anilines is 1. The zero-order valence-electron chi connectivity index (χ0n) is 16.1. The summed E-state index contributed by atoms with van der Waals surface area (Å²) >= 11 is 0. The highest BCUT2D eigenvalue weighted by atomic mass is 31.2. The number of nitrogens with zero attached hydrogens (tertiary/aromatic N) is 2. The Labute approximate surface area is 180 Å². The Bertz CT molecular complexity index is 1090. The van der Waals surface area contributed by atoms with Crippen molar-refractivity contribution in [1.82, 2.24) is 9.55 Å². The topological polar surface area (TPSA) is 232 Å². The quantitative estimate of drug-likeness (QED) is 0.327. The number of aliphatic hydroxyl groups is 2. The molecule has 1 aliphatic heterocycles. The van der Waals surface area contributed by atoms with Crippen LogP contribution in [0.2, 0.25) is 0 Å². The molecule has 2 unspecified atom stereocenters. The summed E-state index contributed by atoms with van der Waals surface area (Å²) in [5.74, 6) is -2.47. The molecule has 0 spiro atoms. The molecular formula is C16H18N3O11P2-3. The molecule has 0 bridgehead atoms. The highest BCUT2D eigenvalue weighted by Crippen LogP contribution is 2.55. The van der Waals surface area contributed by atoms with Crippen molar-refractivity contribution >= 4 is 21.2 Å². The van der Waals surface area contributed by atoms with Crippen LogP contribution in [-0.2, 0) is 22.9 Å². The van der Waals surface area contributed by atoms with Crippen LogP contribution in [0.5, 0.6) is 0 Å². The normalized spacial score (nSPS) is 26.5. The number of ether oxygens (including phenoxy) is 1. The number of rotatable bonds is 8. The number of phosphoric acid groups is 1. The minimum atomic E-state index is -5.58. The van der Waals surface area contributed by atoms with Crippen molar-refractivity contribution in [2.45, 2.75) is 30.4 Å². The molecule has 3 rings (SSSR count). The number of aromatic nitrogens is 2. The summed E-state index contributed by atoms with van der Waals surface area (Å²) in [4.78, 5) is 50.5. The third kappa shape index (κ3) is 5.69. The molecule has 32 heavy (non-hydrogen) atoms. The second-order valence-electron chi connectivity index (χ2n) is 6.74. The van der Waals surface area contributed by atoms with Crippen LogP contribution in [0.4, 0.5) is 5.82 Å². The lowest BCUT2D eigenvalue weighted by Gasteiger charge is -2.40. The van der Waals surface area contributed by atoms with Gasteiger partial charge in [-0.2, -0.15) is 4.98 Å². The Morgan fingerprint density at radius 1 is 1.16 bits per heavy atom. The van der Waals surface area contributed by atoms with Crippen LogP contribution in [0.1, 0.15) is 17.6 Å². The second kappa shape index (κ2) is 9.49. The second-order valence-corrected chi connectivity index (χ2v) is 9.65. The summed E-state index contributed by atoms with van der Waals surface area (Å²) in [7, 11) is -11.0. The molecule has 0 radical (unpaired) electrons. The standard InChI is InChI=1S/C16H21N3O11P2/c17-11-6-7-19(16(22)18-11)14-13(21)12(20)10(29-14)8-28-32(26,27)30-15(31(23,24)25)9-4-2-1-3-5-9/h1-7,10,12-15,20-21H,8H2,(H,26,27)(H2,17,18,22)(H2,23,24,25)/p-3/t10-,12-,13-,14-,15?/m1/s1. The highest BCUT2D eigenvalue weighted by Gasteiger charge is 2.44. The van der Waals surface area contributed by atoms with Gasteiger partial charge in [0.05, 0.1) is 6.61 Å². The van der Waals surface area contributed by atoms with Crippen molar-refractivity contribution in [3.63, 3.8) is 0 Å². The molecule has 176 valence electrons. The van der Waals surface area contributed by atoms with Gasteiger partial charge < -0.3 is 49.0 Å². The lowest BCUT2D eigenvalue weighted by Crippen LogP contribution is -2.36. The van der Waals surface area contributed by atoms with Crippen molar-refractivity contribution in [1.29, 1.82) is 0 Å². The molecular weight excluding hydrogens is 472 g/mol. The zero-order valence-corrected chi connectivity index (χ0v) is 17.9. The Morgan fingerprint density at radius 2 is 1.81 bits per heavy atom. The van der Waals surface area contributed by atoms with Crippen molar-refractivity contribution in [3.8, 4) is 0 Å². The molecule has 6 atom stereocenters. The molecule has 2 aromatic rings. The fourth-order valence-electron chi connectivity index (χ4n) is 2.95. The molecule has 1 aromatic carbocycles. The van der Waals surface area contributed by atoms with Gasteiger partial charge in [-0.25, -0.2) is 4.79 Å². The molecule has 16 heteroatoms. The van der Waals surface area contributed by atoms with Crippen molar-refractivity contribution < 1.29 is 47.8 Å². The average Bonchev–Trinajstić information content (AvgIpc) is 2.99. The number of hydrogen-bond donors (Lipinski definition) is 3. The molecule has 1 aliphatic rings. The number of benzene rings is 1. The number of nitrogens with two attached hydrogens (primary N) is 1. The van der Waals surface area contributed by atoms with E-state index in [0.717, 1.165) is 10.8 Å². The summed E-state index contributed by atoms with van der Waals surface area (Å²) < 4.78 is 38.8. The highest BCUT2D eigenvalue weighted by molar-refractivity contribution is 7.51. The summed E-state index contributed by atoms with van der Waals surface area (Å²) in [6.07, 6.45) is -5.11. The number of nitrogen functional groups attached to an aromatic ring is 1. The maximum atomic E-state index is 12.2. The smallest absolute Gasteiger partial charge is 0.351 e. The van der Waals surface area contributed by atoms with Crippen molar-refractivity contribution in [2.24, 2.45) is 0 Å². The molecule has 0 aliphatic carbocycles. The van der Waals surface area contributed by atoms with Crippen LogP contribution in [0, 0.1) is 0 Å². The first-order chi connectivity index (χ1) is 14.9. The van der Waals surface area contributed by atoms with Crippen LogP contribution in [0.25, 0.3) is 0 Å². The van der Waals surface area contributed by atoms with Crippen LogP contribution in [-0.4, -0.2) is 44.7 Å². The minimum Gasteiger partial charge on any atom is -0.809 e. The maximum absolute atomic E-state index is 12.2. The van der Waals surface area contributed by atoms with Gasteiger partial charge in [-0.15, -0.1) is 0 Å². The third-order valence-electron chi connectivity index (χ3n) is 4.46. The predicted octanol–water partition coefficient (Wildman–Crippen LogP) is -2.44. The fraction of sp³-hybridized carbons (Fsp3) is 0.375. The third-order valence-corrected chi connectivity index (χ3v) is 6.54.